The Hall–Kier alpha value is -2.95. The van der Waals surface area contributed by atoms with Gasteiger partial charge in [0.15, 0.2) is 0 Å². The van der Waals surface area contributed by atoms with E-state index < -0.39 is 5.97 Å². The second kappa shape index (κ2) is 5.68. The van der Waals surface area contributed by atoms with Crippen molar-refractivity contribution in [2.45, 2.75) is 19.8 Å². The second-order valence-corrected chi connectivity index (χ2v) is 5.59. The zero-order valence-electron chi connectivity index (χ0n) is 12.7. The number of hydrogen-bond acceptors (Lipinski definition) is 4. The highest BCUT2D eigenvalue weighted by Gasteiger charge is 2.12. The van der Waals surface area contributed by atoms with Crippen LogP contribution < -0.4 is 4.74 Å². The molecule has 1 aromatic heterocycles. The van der Waals surface area contributed by atoms with Gasteiger partial charge in [-0.1, -0.05) is 13.8 Å². The van der Waals surface area contributed by atoms with Gasteiger partial charge in [0, 0.05) is 10.9 Å². The first-order chi connectivity index (χ1) is 10.9. The molecule has 3 aromatic rings. The standard InChI is InChI=1S/C18H16O5/c1-10(2)14-9-13(3-5-15(14)19)22-12-4-6-16-11(7-12)8-17(23-16)18(20)21/h3-10,19H,1-2H3,(H,20,21). The Morgan fingerprint density at radius 1 is 1.09 bits per heavy atom. The van der Waals surface area contributed by atoms with Gasteiger partial charge in [0.25, 0.3) is 0 Å². The average Bonchev–Trinajstić information content (AvgIpc) is 2.92. The quantitative estimate of drug-likeness (QED) is 0.726. The highest BCUT2D eigenvalue weighted by molar-refractivity contribution is 5.91. The van der Waals surface area contributed by atoms with Crippen LogP contribution >= 0.6 is 0 Å². The summed E-state index contributed by atoms with van der Waals surface area (Å²) in [7, 11) is 0. The van der Waals surface area contributed by atoms with E-state index in [2.05, 4.69) is 0 Å². The zero-order chi connectivity index (χ0) is 16.6. The Balaban J connectivity index is 1.92. The maximum Gasteiger partial charge on any atom is 0.371 e. The molecule has 0 fully saturated rings. The van der Waals surface area contributed by atoms with Crippen molar-refractivity contribution in [3.8, 4) is 17.2 Å². The predicted molar refractivity (Wildman–Crippen MR) is 85.4 cm³/mol. The fourth-order valence-electron chi connectivity index (χ4n) is 2.38. The van der Waals surface area contributed by atoms with Crippen LogP contribution in [0.2, 0.25) is 0 Å². The summed E-state index contributed by atoms with van der Waals surface area (Å²) in [6.07, 6.45) is 0. The topological polar surface area (TPSA) is 79.9 Å². The van der Waals surface area contributed by atoms with E-state index in [4.69, 9.17) is 14.3 Å². The number of carbonyl (C=O) groups is 1. The number of aromatic carboxylic acids is 1. The lowest BCUT2D eigenvalue weighted by Crippen LogP contribution is -1.91. The lowest BCUT2D eigenvalue weighted by Gasteiger charge is -2.11. The lowest BCUT2D eigenvalue weighted by atomic mass is 10.0. The van der Waals surface area contributed by atoms with Gasteiger partial charge in [-0.25, -0.2) is 4.79 Å². The van der Waals surface area contributed by atoms with Gasteiger partial charge < -0.3 is 19.4 Å². The van der Waals surface area contributed by atoms with Crippen LogP contribution in [0.25, 0.3) is 11.0 Å². The summed E-state index contributed by atoms with van der Waals surface area (Å²) in [6, 6.07) is 11.6. The van der Waals surface area contributed by atoms with E-state index >= 15 is 0 Å². The number of rotatable bonds is 4. The van der Waals surface area contributed by atoms with Crippen molar-refractivity contribution in [3.05, 3.63) is 53.8 Å². The number of furan rings is 1. The van der Waals surface area contributed by atoms with Crippen molar-refractivity contribution >= 4 is 16.9 Å². The second-order valence-electron chi connectivity index (χ2n) is 5.59. The molecule has 0 saturated heterocycles. The average molecular weight is 312 g/mol. The van der Waals surface area contributed by atoms with Gasteiger partial charge in [0.2, 0.25) is 5.76 Å². The molecule has 0 bridgehead atoms. The molecule has 0 aliphatic carbocycles. The molecular weight excluding hydrogens is 296 g/mol. The fourth-order valence-corrected chi connectivity index (χ4v) is 2.38. The van der Waals surface area contributed by atoms with Crippen molar-refractivity contribution in [1.82, 2.24) is 0 Å². The van der Waals surface area contributed by atoms with Gasteiger partial charge in [-0.05, 0) is 48.4 Å². The Bertz CT molecular complexity index is 876. The largest absolute Gasteiger partial charge is 0.508 e. The third-order valence-corrected chi connectivity index (χ3v) is 3.56. The summed E-state index contributed by atoms with van der Waals surface area (Å²) in [6.45, 7) is 3.98. The molecule has 0 radical (unpaired) electrons. The third-order valence-electron chi connectivity index (χ3n) is 3.56. The van der Waals surface area contributed by atoms with Crippen LogP contribution in [0.4, 0.5) is 0 Å². The lowest BCUT2D eigenvalue weighted by molar-refractivity contribution is 0.0665. The SMILES string of the molecule is CC(C)c1cc(Oc2ccc3oc(C(=O)O)cc3c2)ccc1O. The molecule has 3 rings (SSSR count). The monoisotopic (exact) mass is 312 g/mol. The van der Waals surface area contributed by atoms with Crippen molar-refractivity contribution in [1.29, 1.82) is 0 Å². The molecule has 0 aliphatic heterocycles. The highest BCUT2D eigenvalue weighted by atomic mass is 16.5. The minimum Gasteiger partial charge on any atom is -0.508 e. The number of aromatic hydroxyl groups is 1. The molecule has 0 saturated carbocycles. The fraction of sp³-hybridized carbons (Fsp3) is 0.167. The number of hydrogen-bond donors (Lipinski definition) is 2. The van der Waals surface area contributed by atoms with Crippen LogP contribution in [0.1, 0.15) is 35.9 Å². The summed E-state index contributed by atoms with van der Waals surface area (Å²) in [5.41, 5.74) is 1.29. The summed E-state index contributed by atoms with van der Waals surface area (Å²) < 4.78 is 11.0. The number of ether oxygens (including phenoxy) is 1. The Morgan fingerprint density at radius 2 is 1.78 bits per heavy atom. The molecule has 118 valence electrons. The molecule has 0 amide bonds. The van der Waals surface area contributed by atoms with E-state index in [9.17, 15) is 9.90 Å². The Kier molecular flexibility index (Phi) is 3.70. The number of phenolic OH excluding ortho intramolecular Hbond substituents is 1. The van der Waals surface area contributed by atoms with Gasteiger partial charge in [0.1, 0.15) is 22.8 Å². The molecule has 2 aromatic carbocycles. The third kappa shape index (κ3) is 2.99. The predicted octanol–water partition coefficient (Wildman–Crippen LogP) is 4.75. The first-order valence-electron chi connectivity index (χ1n) is 7.21. The number of phenols is 1. The molecule has 5 heteroatoms. The van der Waals surface area contributed by atoms with Gasteiger partial charge >= 0.3 is 5.97 Å². The number of benzene rings is 2. The van der Waals surface area contributed by atoms with E-state index in [1.807, 2.05) is 13.8 Å². The Labute approximate surface area is 132 Å². The molecule has 5 nitrogen and oxygen atoms in total. The van der Waals surface area contributed by atoms with Crippen LogP contribution in [-0.2, 0) is 0 Å². The summed E-state index contributed by atoms with van der Waals surface area (Å²) >= 11 is 0. The van der Waals surface area contributed by atoms with Crippen LogP contribution in [0.15, 0.2) is 46.9 Å². The van der Waals surface area contributed by atoms with Gasteiger partial charge in [-0.3, -0.25) is 0 Å². The maximum absolute atomic E-state index is 10.9. The summed E-state index contributed by atoms with van der Waals surface area (Å²) in [5.74, 6) is 0.368. The van der Waals surface area contributed by atoms with E-state index in [1.165, 1.54) is 6.07 Å². The number of carboxylic acid groups (broad SMARTS) is 1. The van der Waals surface area contributed by atoms with Crippen LogP contribution in [-0.4, -0.2) is 16.2 Å². The first-order valence-corrected chi connectivity index (χ1v) is 7.21. The molecule has 0 spiro atoms. The van der Waals surface area contributed by atoms with Crippen molar-refractivity contribution in [3.63, 3.8) is 0 Å². The molecule has 23 heavy (non-hydrogen) atoms. The highest BCUT2D eigenvalue weighted by Crippen LogP contribution is 2.33. The van der Waals surface area contributed by atoms with Gasteiger partial charge in [-0.2, -0.15) is 0 Å². The molecular formula is C18H16O5. The van der Waals surface area contributed by atoms with E-state index in [0.29, 0.717) is 22.5 Å². The van der Waals surface area contributed by atoms with E-state index in [0.717, 1.165) is 5.56 Å². The Morgan fingerprint density at radius 3 is 2.48 bits per heavy atom. The zero-order valence-corrected chi connectivity index (χ0v) is 12.7. The van der Waals surface area contributed by atoms with Crippen LogP contribution in [0, 0.1) is 0 Å². The van der Waals surface area contributed by atoms with Crippen molar-refractivity contribution < 1.29 is 24.2 Å². The smallest absolute Gasteiger partial charge is 0.371 e. The normalized spacial score (nSPS) is 11.1. The molecule has 0 unspecified atom stereocenters. The van der Waals surface area contributed by atoms with Gasteiger partial charge in [-0.15, -0.1) is 0 Å². The van der Waals surface area contributed by atoms with E-state index in [1.54, 1.807) is 36.4 Å². The minimum atomic E-state index is -1.11. The van der Waals surface area contributed by atoms with Crippen molar-refractivity contribution in [2.75, 3.05) is 0 Å². The molecule has 1 heterocycles. The summed E-state index contributed by atoms with van der Waals surface area (Å²) in [4.78, 5) is 10.9. The van der Waals surface area contributed by atoms with Crippen molar-refractivity contribution in [2.24, 2.45) is 0 Å². The summed E-state index contributed by atoms with van der Waals surface area (Å²) in [5, 5.41) is 19.4. The number of carboxylic acids is 1. The van der Waals surface area contributed by atoms with Crippen LogP contribution in [0.3, 0.4) is 0 Å². The van der Waals surface area contributed by atoms with E-state index in [-0.39, 0.29) is 17.4 Å². The molecule has 0 atom stereocenters. The molecule has 0 aliphatic rings. The first kappa shape index (κ1) is 15.0. The number of fused-ring (bicyclic) bond motifs is 1. The maximum atomic E-state index is 10.9. The van der Waals surface area contributed by atoms with Crippen LogP contribution in [0.5, 0.6) is 17.2 Å². The van der Waals surface area contributed by atoms with Gasteiger partial charge in [0.05, 0.1) is 0 Å². The molecule has 2 N–H and O–H groups in total. The minimum absolute atomic E-state index is 0.108.